The molecule has 0 saturated heterocycles. The molecule has 0 unspecified atom stereocenters. The number of sulfonamides is 1. The van der Waals surface area contributed by atoms with Gasteiger partial charge in [0.25, 0.3) is 11.8 Å². The predicted octanol–water partition coefficient (Wildman–Crippen LogP) is 1.91. The number of nitrogens with one attached hydrogen (secondary N) is 1. The monoisotopic (exact) mass is 395 g/mol. The topological polar surface area (TPSA) is 110 Å². The van der Waals surface area contributed by atoms with Gasteiger partial charge in [0.15, 0.2) is 0 Å². The molecule has 1 aliphatic heterocycles. The predicted molar refractivity (Wildman–Crippen MR) is 93.2 cm³/mol. The maximum atomic E-state index is 13.9. The van der Waals surface area contributed by atoms with Crippen LogP contribution in [0.25, 0.3) is 0 Å². The summed E-state index contributed by atoms with van der Waals surface area (Å²) in [7, 11) is -3.86. The van der Waals surface area contributed by atoms with Crippen molar-refractivity contribution in [2.45, 2.75) is 4.90 Å². The first-order valence-corrected chi connectivity index (χ1v) is 9.05. The molecule has 2 aromatic carbocycles. The Kier molecular flexibility index (Phi) is 4.53. The number of carbonyl (C=O) groups excluding carboxylic acids is 2. The minimum atomic E-state index is -3.86. The smallest absolute Gasteiger partial charge is 0.283 e. The van der Waals surface area contributed by atoms with Crippen molar-refractivity contribution >= 4 is 44.8 Å². The van der Waals surface area contributed by atoms with Crippen molar-refractivity contribution in [1.29, 1.82) is 0 Å². The molecule has 10 heteroatoms. The highest BCUT2D eigenvalue weighted by Crippen LogP contribution is 2.31. The third kappa shape index (κ3) is 3.19. The number of halogens is 2. The second kappa shape index (κ2) is 6.52. The molecule has 1 heterocycles. The molecule has 0 saturated carbocycles. The van der Waals surface area contributed by atoms with Gasteiger partial charge in [-0.15, -0.1) is 0 Å². The highest BCUT2D eigenvalue weighted by Gasteiger charge is 2.40. The summed E-state index contributed by atoms with van der Waals surface area (Å²) in [5.41, 5.74) is -0.174. The van der Waals surface area contributed by atoms with Gasteiger partial charge in [-0.3, -0.25) is 9.59 Å². The fourth-order valence-corrected chi connectivity index (χ4v) is 3.06. The first-order valence-electron chi connectivity index (χ1n) is 7.13. The van der Waals surface area contributed by atoms with E-state index in [0.717, 1.165) is 6.07 Å². The van der Waals surface area contributed by atoms with Crippen molar-refractivity contribution < 1.29 is 22.4 Å². The van der Waals surface area contributed by atoms with E-state index in [9.17, 15) is 22.4 Å². The zero-order chi connectivity index (χ0) is 19.1. The van der Waals surface area contributed by atoms with Crippen LogP contribution in [0.1, 0.15) is 0 Å². The van der Waals surface area contributed by atoms with Crippen LogP contribution in [0.4, 0.5) is 15.8 Å². The van der Waals surface area contributed by atoms with Crippen LogP contribution in [0.5, 0.6) is 0 Å². The maximum Gasteiger partial charge on any atom is 0.283 e. The van der Waals surface area contributed by atoms with Crippen LogP contribution in [0, 0.1) is 5.82 Å². The average molecular weight is 396 g/mol. The molecule has 3 N–H and O–H groups in total. The Morgan fingerprint density at radius 1 is 1.00 bits per heavy atom. The lowest BCUT2D eigenvalue weighted by atomic mass is 10.2. The minimum Gasteiger partial charge on any atom is -0.350 e. The third-order valence-corrected chi connectivity index (χ3v) is 4.85. The Morgan fingerprint density at radius 3 is 2.19 bits per heavy atom. The Balaban J connectivity index is 1.90. The normalized spacial score (nSPS) is 15.0. The van der Waals surface area contributed by atoms with E-state index in [0.29, 0.717) is 10.6 Å². The van der Waals surface area contributed by atoms with Crippen LogP contribution in [0.3, 0.4) is 0 Å². The second-order valence-electron chi connectivity index (χ2n) is 5.28. The lowest BCUT2D eigenvalue weighted by Gasteiger charge is -2.15. The van der Waals surface area contributed by atoms with Gasteiger partial charge in [0, 0.05) is 5.69 Å². The van der Waals surface area contributed by atoms with Gasteiger partial charge in [-0.05, 0) is 36.4 Å². The fourth-order valence-electron chi connectivity index (χ4n) is 2.34. The second-order valence-corrected chi connectivity index (χ2v) is 7.22. The van der Waals surface area contributed by atoms with Gasteiger partial charge in [-0.25, -0.2) is 22.8 Å². The molecule has 3 rings (SSSR count). The van der Waals surface area contributed by atoms with Crippen molar-refractivity contribution in [2.24, 2.45) is 5.14 Å². The number of para-hydroxylation sites is 1. The average Bonchev–Trinajstić information content (AvgIpc) is 2.79. The van der Waals surface area contributed by atoms with Crippen LogP contribution >= 0.6 is 11.6 Å². The number of rotatable bonds is 4. The Bertz CT molecular complexity index is 1050. The van der Waals surface area contributed by atoms with Gasteiger partial charge in [0.1, 0.15) is 16.5 Å². The van der Waals surface area contributed by atoms with E-state index in [1.54, 1.807) is 0 Å². The first-order chi connectivity index (χ1) is 12.2. The molecule has 2 amide bonds. The first kappa shape index (κ1) is 18.1. The number of amides is 2. The molecule has 0 aliphatic carbocycles. The summed E-state index contributed by atoms with van der Waals surface area (Å²) in [5, 5.41) is 7.25. The van der Waals surface area contributed by atoms with Crippen molar-refractivity contribution in [3.05, 3.63) is 65.1 Å². The van der Waals surface area contributed by atoms with E-state index in [1.807, 2.05) is 0 Å². The van der Waals surface area contributed by atoms with Crippen LogP contribution in [-0.4, -0.2) is 20.2 Å². The lowest BCUT2D eigenvalue weighted by Crippen LogP contribution is -2.33. The van der Waals surface area contributed by atoms with E-state index in [4.69, 9.17) is 16.7 Å². The summed E-state index contributed by atoms with van der Waals surface area (Å²) in [6.45, 7) is 0. The van der Waals surface area contributed by atoms with Crippen LogP contribution in [0.15, 0.2) is 64.2 Å². The number of primary sulfonamides is 1. The molecule has 134 valence electrons. The summed E-state index contributed by atoms with van der Waals surface area (Å²) in [5.74, 6) is -2.46. The van der Waals surface area contributed by atoms with E-state index in [2.05, 4.69) is 5.32 Å². The Labute approximate surface area is 152 Å². The van der Waals surface area contributed by atoms with Gasteiger partial charge >= 0.3 is 0 Å². The Morgan fingerprint density at radius 2 is 1.62 bits per heavy atom. The Hall–Kier alpha value is -2.75. The summed E-state index contributed by atoms with van der Waals surface area (Å²) in [6.07, 6.45) is 0. The molecule has 0 bridgehead atoms. The summed E-state index contributed by atoms with van der Waals surface area (Å²) < 4.78 is 36.4. The van der Waals surface area contributed by atoms with Crippen molar-refractivity contribution in [1.82, 2.24) is 0 Å². The molecule has 26 heavy (non-hydrogen) atoms. The molecular formula is C16H11ClFN3O4S. The van der Waals surface area contributed by atoms with Crippen molar-refractivity contribution in [3.8, 4) is 0 Å². The van der Waals surface area contributed by atoms with Gasteiger partial charge in [-0.1, -0.05) is 23.7 Å². The number of hydrogen-bond donors (Lipinski definition) is 2. The molecule has 0 radical (unpaired) electrons. The van der Waals surface area contributed by atoms with Gasteiger partial charge in [0.05, 0.1) is 10.6 Å². The number of carbonyl (C=O) groups is 2. The molecule has 0 fully saturated rings. The SMILES string of the molecule is NS(=O)(=O)c1ccc(NC2=C(Cl)C(=O)N(c3ccccc3F)C2=O)cc1. The molecule has 0 atom stereocenters. The quantitative estimate of drug-likeness (QED) is 0.768. The van der Waals surface area contributed by atoms with Crippen molar-refractivity contribution in [3.63, 3.8) is 0 Å². The number of imide groups is 1. The number of hydrogen-bond acceptors (Lipinski definition) is 5. The summed E-state index contributed by atoms with van der Waals surface area (Å²) in [4.78, 5) is 25.3. The minimum absolute atomic E-state index is 0.120. The standard InChI is InChI=1S/C16H11ClFN3O4S/c17-13-14(20-9-5-7-10(8-6-9)26(19,24)25)16(23)21(15(13)22)12-4-2-1-3-11(12)18/h1-8,20H,(H2,19,24,25). The zero-order valence-corrected chi connectivity index (χ0v) is 14.5. The molecule has 7 nitrogen and oxygen atoms in total. The summed E-state index contributed by atoms with van der Waals surface area (Å²) >= 11 is 5.94. The van der Waals surface area contributed by atoms with Crippen molar-refractivity contribution in [2.75, 3.05) is 10.2 Å². The van der Waals surface area contributed by atoms with Crippen LogP contribution in [-0.2, 0) is 19.6 Å². The highest BCUT2D eigenvalue weighted by atomic mass is 35.5. The van der Waals surface area contributed by atoms with Crippen LogP contribution in [0.2, 0.25) is 0 Å². The number of benzene rings is 2. The third-order valence-electron chi connectivity index (χ3n) is 3.57. The zero-order valence-electron chi connectivity index (χ0n) is 12.9. The van der Waals surface area contributed by atoms with E-state index in [1.165, 1.54) is 42.5 Å². The van der Waals surface area contributed by atoms with Crippen LogP contribution < -0.4 is 15.4 Å². The van der Waals surface area contributed by atoms with E-state index in [-0.39, 0.29) is 16.3 Å². The van der Waals surface area contributed by atoms with Gasteiger partial charge < -0.3 is 5.32 Å². The summed E-state index contributed by atoms with van der Waals surface area (Å²) in [6, 6.07) is 10.4. The van der Waals surface area contributed by atoms with E-state index < -0.39 is 32.7 Å². The molecule has 0 spiro atoms. The highest BCUT2D eigenvalue weighted by molar-refractivity contribution is 7.89. The molecular weight excluding hydrogens is 385 g/mol. The molecule has 0 aromatic heterocycles. The van der Waals surface area contributed by atoms with Gasteiger partial charge in [0.2, 0.25) is 10.0 Å². The fraction of sp³-hybridized carbons (Fsp3) is 0. The largest absolute Gasteiger partial charge is 0.350 e. The van der Waals surface area contributed by atoms with Gasteiger partial charge in [-0.2, -0.15) is 0 Å². The molecule has 1 aliphatic rings. The molecule has 2 aromatic rings. The number of nitrogens with zero attached hydrogens (tertiary/aromatic N) is 1. The maximum absolute atomic E-state index is 13.9. The number of anilines is 2. The number of nitrogens with two attached hydrogens (primary N) is 1. The van der Waals surface area contributed by atoms with E-state index >= 15 is 0 Å². The lowest BCUT2D eigenvalue weighted by molar-refractivity contribution is -0.120.